The van der Waals surface area contributed by atoms with Gasteiger partial charge in [-0.15, -0.1) is 0 Å². The van der Waals surface area contributed by atoms with E-state index in [1.54, 1.807) is 12.1 Å². The molecule has 0 atom stereocenters. The molecule has 1 aromatic rings. The van der Waals surface area contributed by atoms with E-state index < -0.39 is 5.97 Å². The molecular formula is C14H19NO2. The summed E-state index contributed by atoms with van der Waals surface area (Å²) in [6.07, 6.45) is 2.44. The molecule has 92 valence electrons. The molecule has 0 bridgehead atoms. The lowest BCUT2D eigenvalue weighted by Gasteiger charge is -2.33. The first-order valence-electron chi connectivity index (χ1n) is 6.17. The van der Waals surface area contributed by atoms with Crippen LogP contribution in [0.15, 0.2) is 18.2 Å². The highest BCUT2D eigenvalue weighted by Crippen LogP contribution is 2.26. The van der Waals surface area contributed by atoms with E-state index in [2.05, 4.69) is 11.8 Å². The molecule has 0 radical (unpaired) electrons. The zero-order valence-electron chi connectivity index (χ0n) is 10.4. The maximum Gasteiger partial charge on any atom is 0.335 e. The number of benzene rings is 1. The minimum atomic E-state index is -0.855. The van der Waals surface area contributed by atoms with Crippen molar-refractivity contribution in [2.24, 2.45) is 5.92 Å². The Balaban J connectivity index is 2.19. The van der Waals surface area contributed by atoms with Crippen molar-refractivity contribution >= 4 is 11.7 Å². The first-order chi connectivity index (χ1) is 8.08. The van der Waals surface area contributed by atoms with E-state index in [1.165, 1.54) is 18.5 Å². The number of hydrogen-bond acceptors (Lipinski definition) is 2. The summed E-state index contributed by atoms with van der Waals surface area (Å²) in [5, 5.41) is 8.93. The first kappa shape index (κ1) is 12.0. The molecule has 1 N–H and O–H groups in total. The van der Waals surface area contributed by atoms with Crippen molar-refractivity contribution in [3.63, 3.8) is 0 Å². The predicted molar refractivity (Wildman–Crippen MR) is 68.7 cm³/mol. The summed E-state index contributed by atoms with van der Waals surface area (Å²) >= 11 is 0. The Bertz CT molecular complexity index is 420. The Hall–Kier alpha value is -1.51. The van der Waals surface area contributed by atoms with Crippen molar-refractivity contribution in [1.82, 2.24) is 0 Å². The maximum atomic E-state index is 10.9. The molecule has 0 spiro atoms. The highest BCUT2D eigenvalue weighted by molar-refractivity contribution is 5.88. The van der Waals surface area contributed by atoms with E-state index in [1.807, 2.05) is 13.0 Å². The van der Waals surface area contributed by atoms with Crippen LogP contribution >= 0.6 is 0 Å². The average molecular weight is 233 g/mol. The molecule has 1 fully saturated rings. The van der Waals surface area contributed by atoms with Crippen molar-refractivity contribution in [3.8, 4) is 0 Å². The maximum absolute atomic E-state index is 10.9. The highest BCUT2D eigenvalue weighted by Gasteiger charge is 2.17. The van der Waals surface area contributed by atoms with Crippen LogP contribution < -0.4 is 4.90 Å². The lowest BCUT2D eigenvalue weighted by Crippen LogP contribution is -2.33. The lowest BCUT2D eigenvalue weighted by molar-refractivity contribution is 0.0697. The van der Waals surface area contributed by atoms with Crippen LogP contribution in [0.1, 0.15) is 35.7 Å². The van der Waals surface area contributed by atoms with Gasteiger partial charge in [-0.3, -0.25) is 0 Å². The number of carboxylic acids is 1. The van der Waals surface area contributed by atoms with E-state index in [0.717, 1.165) is 24.6 Å². The summed E-state index contributed by atoms with van der Waals surface area (Å²) in [5.74, 6) is -0.0447. The van der Waals surface area contributed by atoms with E-state index in [-0.39, 0.29) is 0 Å². The number of rotatable bonds is 2. The number of piperidine rings is 1. The van der Waals surface area contributed by atoms with E-state index >= 15 is 0 Å². The molecule has 0 unspecified atom stereocenters. The number of carboxylic acid groups (broad SMARTS) is 1. The van der Waals surface area contributed by atoms with E-state index in [0.29, 0.717) is 5.56 Å². The Morgan fingerprint density at radius 2 is 2.00 bits per heavy atom. The van der Waals surface area contributed by atoms with Gasteiger partial charge in [0.05, 0.1) is 5.56 Å². The summed E-state index contributed by atoms with van der Waals surface area (Å²) < 4.78 is 0. The van der Waals surface area contributed by atoms with Crippen LogP contribution in [0.2, 0.25) is 0 Å². The van der Waals surface area contributed by atoms with Gasteiger partial charge >= 0.3 is 5.97 Å². The van der Waals surface area contributed by atoms with Gasteiger partial charge in [-0.2, -0.15) is 0 Å². The quantitative estimate of drug-likeness (QED) is 0.853. The third kappa shape index (κ3) is 2.60. The molecule has 0 aliphatic carbocycles. The molecule has 1 aliphatic heterocycles. The number of hydrogen-bond donors (Lipinski definition) is 1. The molecule has 1 saturated heterocycles. The molecule has 0 amide bonds. The van der Waals surface area contributed by atoms with Gasteiger partial charge in [-0.05, 0) is 49.4 Å². The lowest BCUT2D eigenvalue weighted by atomic mass is 9.98. The minimum Gasteiger partial charge on any atom is -0.478 e. The normalized spacial score (nSPS) is 17.2. The van der Waals surface area contributed by atoms with Crippen LogP contribution in [-0.2, 0) is 0 Å². The summed E-state index contributed by atoms with van der Waals surface area (Å²) in [4.78, 5) is 13.2. The van der Waals surface area contributed by atoms with Gasteiger partial charge in [0.1, 0.15) is 0 Å². The van der Waals surface area contributed by atoms with E-state index in [4.69, 9.17) is 5.11 Å². The Morgan fingerprint density at radius 3 is 2.53 bits per heavy atom. The van der Waals surface area contributed by atoms with Crippen molar-refractivity contribution in [3.05, 3.63) is 29.3 Å². The Kier molecular flexibility index (Phi) is 3.36. The van der Waals surface area contributed by atoms with Crippen LogP contribution in [0.5, 0.6) is 0 Å². The fourth-order valence-electron chi connectivity index (χ4n) is 2.39. The second-order valence-corrected chi connectivity index (χ2v) is 4.98. The fraction of sp³-hybridized carbons (Fsp3) is 0.500. The van der Waals surface area contributed by atoms with Crippen molar-refractivity contribution in [2.75, 3.05) is 18.0 Å². The SMILES string of the molecule is Cc1cc(C(=O)O)ccc1N1CCC(C)CC1. The zero-order chi connectivity index (χ0) is 12.4. The van der Waals surface area contributed by atoms with Crippen LogP contribution in [0.4, 0.5) is 5.69 Å². The molecule has 1 heterocycles. The fourth-order valence-corrected chi connectivity index (χ4v) is 2.39. The number of carbonyl (C=O) groups is 1. The van der Waals surface area contributed by atoms with Gasteiger partial charge in [0.2, 0.25) is 0 Å². The number of anilines is 1. The standard InChI is InChI=1S/C14H19NO2/c1-10-5-7-15(8-6-10)13-4-3-12(14(16)17)9-11(13)2/h3-4,9-10H,5-8H2,1-2H3,(H,16,17). The molecular weight excluding hydrogens is 214 g/mol. The van der Waals surface area contributed by atoms with E-state index in [9.17, 15) is 4.79 Å². The average Bonchev–Trinajstić information content (AvgIpc) is 2.30. The predicted octanol–water partition coefficient (Wildman–Crippen LogP) is 2.93. The zero-order valence-corrected chi connectivity index (χ0v) is 10.4. The molecule has 1 aromatic carbocycles. The molecule has 3 nitrogen and oxygen atoms in total. The van der Waals surface area contributed by atoms with Crippen LogP contribution in [0.25, 0.3) is 0 Å². The summed E-state index contributed by atoms with van der Waals surface area (Å²) in [7, 11) is 0. The summed E-state index contributed by atoms with van der Waals surface area (Å²) in [6.45, 7) is 6.43. The van der Waals surface area contributed by atoms with Crippen molar-refractivity contribution in [1.29, 1.82) is 0 Å². The van der Waals surface area contributed by atoms with Gasteiger partial charge in [-0.25, -0.2) is 4.79 Å². The third-order valence-corrected chi connectivity index (χ3v) is 3.57. The van der Waals surface area contributed by atoms with Crippen molar-refractivity contribution < 1.29 is 9.90 Å². The number of aryl methyl sites for hydroxylation is 1. The molecule has 0 saturated carbocycles. The number of aromatic carboxylic acids is 1. The van der Waals surface area contributed by atoms with Gasteiger partial charge in [0, 0.05) is 18.8 Å². The summed E-state index contributed by atoms with van der Waals surface area (Å²) in [6, 6.07) is 5.40. The second kappa shape index (κ2) is 4.78. The van der Waals surface area contributed by atoms with Crippen LogP contribution in [0, 0.1) is 12.8 Å². The minimum absolute atomic E-state index is 0.372. The topological polar surface area (TPSA) is 40.5 Å². The Labute approximate surface area is 102 Å². The highest BCUT2D eigenvalue weighted by atomic mass is 16.4. The Morgan fingerprint density at radius 1 is 1.35 bits per heavy atom. The smallest absolute Gasteiger partial charge is 0.335 e. The monoisotopic (exact) mass is 233 g/mol. The molecule has 0 aromatic heterocycles. The van der Waals surface area contributed by atoms with Gasteiger partial charge in [0.15, 0.2) is 0 Å². The largest absolute Gasteiger partial charge is 0.478 e. The van der Waals surface area contributed by atoms with Gasteiger partial charge in [0.25, 0.3) is 0 Å². The molecule has 3 heteroatoms. The van der Waals surface area contributed by atoms with Gasteiger partial charge in [-0.1, -0.05) is 6.92 Å². The summed E-state index contributed by atoms with van der Waals surface area (Å²) in [5.41, 5.74) is 2.61. The second-order valence-electron chi connectivity index (χ2n) is 4.98. The first-order valence-corrected chi connectivity index (χ1v) is 6.17. The number of nitrogens with zero attached hydrogens (tertiary/aromatic N) is 1. The molecule has 17 heavy (non-hydrogen) atoms. The molecule has 2 rings (SSSR count). The van der Waals surface area contributed by atoms with Crippen LogP contribution in [-0.4, -0.2) is 24.2 Å². The third-order valence-electron chi connectivity index (χ3n) is 3.57. The molecule has 1 aliphatic rings. The van der Waals surface area contributed by atoms with Crippen LogP contribution in [0.3, 0.4) is 0 Å². The van der Waals surface area contributed by atoms with Crippen molar-refractivity contribution in [2.45, 2.75) is 26.7 Å². The van der Waals surface area contributed by atoms with Gasteiger partial charge < -0.3 is 10.0 Å².